The van der Waals surface area contributed by atoms with E-state index >= 15 is 0 Å². The standard InChI is InChI=1S/C21H26ClN5O2.HI/c1-4-23-20(25-14-21(3,28)19-10-5-15(2)29-19)24-11-16-12-26-27(13-16)18-8-6-17(22)7-9-18;/h5-10,12-13,28H,4,11,14H2,1-3H3,(H2,23,24,25);1H. The summed E-state index contributed by atoms with van der Waals surface area (Å²) in [4.78, 5) is 4.59. The number of nitrogens with one attached hydrogen (secondary N) is 2. The normalized spacial score (nSPS) is 13.4. The lowest BCUT2D eigenvalue weighted by atomic mass is 10.0. The molecule has 2 heterocycles. The Bertz CT molecular complexity index is 966. The van der Waals surface area contributed by atoms with Gasteiger partial charge in [-0.3, -0.25) is 0 Å². The largest absolute Gasteiger partial charge is 0.463 e. The van der Waals surface area contributed by atoms with Crippen LogP contribution in [0.2, 0.25) is 5.02 Å². The van der Waals surface area contributed by atoms with E-state index < -0.39 is 5.60 Å². The lowest BCUT2D eigenvalue weighted by Crippen LogP contribution is -2.44. The molecule has 2 aromatic heterocycles. The fourth-order valence-electron chi connectivity index (χ4n) is 2.76. The van der Waals surface area contributed by atoms with Crippen molar-refractivity contribution in [3.05, 3.63) is 70.9 Å². The zero-order valence-corrected chi connectivity index (χ0v) is 20.3. The summed E-state index contributed by atoms with van der Waals surface area (Å²) in [6, 6.07) is 11.1. The second-order valence-electron chi connectivity index (χ2n) is 7.00. The second-order valence-corrected chi connectivity index (χ2v) is 7.44. The Morgan fingerprint density at radius 3 is 2.60 bits per heavy atom. The summed E-state index contributed by atoms with van der Waals surface area (Å²) in [5.74, 6) is 1.89. The molecule has 3 rings (SSSR count). The first kappa shape index (κ1) is 24.2. The summed E-state index contributed by atoms with van der Waals surface area (Å²) >= 11 is 5.94. The van der Waals surface area contributed by atoms with Gasteiger partial charge in [-0.1, -0.05) is 11.6 Å². The molecule has 0 aliphatic rings. The van der Waals surface area contributed by atoms with Gasteiger partial charge in [0.05, 0.1) is 25.0 Å². The van der Waals surface area contributed by atoms with Crippen molar-refractivity contribution < 1.29 is 9.52 Å². The molecule has 0 bridgehead atoms. The maximum atomic E-state index is 10.7. The molecule has 0 aliphatic carbocycles. The van der Waals surface area contributed by atoms with Gasteiger partial charge in [-0.25, -0.2) is 9.67 Å². The minimum Gasteiger partial charge on any atom is -0.463 e. The van der Waals surface area contributed by atoms with Gasteiger partial charge < -0.3 is 20.2 Å². The van der Waals surface area contributed by atoms with E-state index in [1.807, 2.05) is 50.4 Å². The van der Waals surface area contributed by atoms with Crippen LogP contribution in [0.15, 0.2) is 58.2 Å². The molecule has 9 heteroatoms. The molecule has 0 saturated heterocycles. The van der Waals surface area contributed by atoms with Crippen molar-refractivity contribution in [1.82, 2.24) is 20.4 Å². The van der Waals surface area contributed by atoms with Crippen LogP contribution in [0.5, 0.6) is 0 Å². The van der Waals surface area contributed by atoms with E-state index in [4.69, 9.17) is 16.0 Å². The fourth-order valence-corrected chi connectivity index (χ4v) is 2.88. The highest BCUT2D eigenvalue weighted by Crippen LogP contribution is 2.21. The summed E-state index contributed by atoms with van der Waals surface area (Å²) in [7, 11) is 0. The van der Waals surface area contributed by atoms with Gasteiger partial charge in [-0.05, 0) is 57.2 Å². The molecule has 1 unspecified atom stereocenters. The number of aryl methyl sites for hydroxylation is 1. The van der Waals surface area contributed by atoms with Crippen molar-refractivity contribution >= 4 is 41.5 Å². The smallest absolute Gasteiger partial charge is 0.191 e. The fraction of sp³-hybridized carbons (Fsp3) is 0.333. The number of guanidine groups is 1. The number of nitrogens with zero attached hydrogens (tertiary/aromatic N) is 3. The lowest BCUT2D eigenvalue weighted by molar-refractivity contribution is 0.0378. The Kier molecular flexibility index (Phi) is 8.75. The van der Waals surface area contributed by atoms with Crippen molar-refractivity contribution in [3.63, 3.8) is 0 Å². The number of furan rings is 1. The highest BCUT2D eigenvalue weighted by atomic mass is 127. The molecule has 3 aromatic rings. The Balaban J connectivity index is 0.00000320. The Labute approximate surface area is 198 Å². The first-order valence-corrected chi connectivity index (χ1v) is 9.86. The molecular weight excluding hydrogens is 517 g/mol. The summed E-state index contributed by atoms with van der Waals surface area (Å²) in [6.45, 7) is 6.96. The van der Waals surface area contributed by atoms with Crippen molar-refractivity contribution in [2.75, 3.05) is 13.1 Å². The zero-order chi connectivity index (χ0) is 20.9. The summed E-state index contributed by atoms with van der Waals surface area (Å²) in [5.41, 5.74) is 0.745. The highest BCUT2D eigenvalue weighted by molar-refractivity contribution is 14.0. The maximum Gasteiger partial charge on any atom is 0.191 e. The van der Waals surface area contributed by atoms with E-state index in [0.717, 1.165) is 17.0 Å². The third-order valence-corrected chi connectivity index (χ3v) is 4.61. The number of hydrogen-bond donors (Lipinski definition) is 3. The van der Waals surface area contributed by atoms with Gasteiger partial charge in [0, 0.05) is 23.3 Å². The molecule has 1 aromatic carbocycles. The van der Waals surface area contributed by atoms with E-state index in [1.165, 1.54) is 0 Å². The van der Waals surface area contributed by atoms with Crippen LogP contribution in [0.25, 0.3) is 5.69 Å². The van der Waals surface area contributed by atoms with Crippen LogP contribution in [0.1, 0.15) is 30.9 Å². The molecule has 0 spiro atoms. The van der Waals surface area contributed by atoms with Crippen LogP contribution < -0.4 is 10.6 Å². The van der Waals surface area contributed by atoms with E-state index in [2.05, 4.69) is 20.7 Å². The molecule has 3 N–H and O–H groups in total. The van der Waals surface area contributed by atoms with Crippen LogP contribution >= 0.6 is 35.6 Å². The van der Waals surface area contributed by atoms with Crippen LogP contribution in [0, 0.1) is 6.92 Å². The van der Waals surface area contributed by atoms with Gasteiger partial charge in [0.15, 0.2) is 5.96 Å². The average molecular weight is 544 g/mol. The van der Waals surface area contributed by atoms with Gasteiger partial charge in [0.1, 0.15) is 17.1 Å². The van der Waals surface area contributed by atoms with Crippen LogP contribution in [-0.4, -0.2) is 33.9 Å². The minimum absolute atomic E-state index is 0. The van der Waals surface area contributed by atoms with Gasteiger partial charge in [-0.15, -0.1) is 24.0 Å². The zero-order valence-electron chi connectivity index (χ0n) is 17.2. The maximum absolute atomic E-state index is 10.7. The van der Waals surface area contributed by atoms with Gasteiger partial charge >= 0.3 is 0 Å². The molecular formula is C21H27ClIN5O2. The molecule has 7 nitrogen and oxygen atoms in total. The number of aliphatic imine (C=N–C) groups is 1. The van der Waals surface area contributed by atoms with Gasteiger partial charge in [-0.2, -0.15) is 5.10 Å². The monoisotopic (exact) mass is 543 g/mol. The first-order valence-electron chi connectivity index (χ1n) is 9.48. The summed E-state index contributed by atoms with van der Waals surface area (Å²) in [5, 5.41) is 22.1. The van der Waals surface area contributed by atoms with Crippen LogP contribution in [-0.2, 0) is 12.1 Å². The van der Waals surface area contributed by atoms with E-state index in [9.17, 15) is 5.11 Å². The number of aromatic nitrogens is 2. The molecule has 0 fully saturated rings. The number of rotatable bonds is 7. The molecule has 0 radical (unpaired) electrons. The van der Waals surface area contributed by atoms with Gasteiger partial charge in [0.25, 0.3) is 0 Å². The van der Waals surface area contributed by atoms with Crippen molar-refractivity contribution in [2.24, 2.45) is 4.99 Å². The number of benzene rings is 1. The van der Waals surface area contributed by atoms with Crippen molar-refractivity contribution in [2.45, 2.75) is 32.9 Å². The average Bonchev–Trinajstić information content (AvgIpc) is 3.34. The molecule has 0 aliphatic heterocycles. The quantitative estimate of drug-likeness (QED) is 0.238. The van der Waals surface area contributed by atoms with E-state index in [-0.39, 0.29) is 30.5 Å². The molecule has 0 amide bonds. The third kappa shape index (κ3) is 6.48. The lowest BCUT2D eigenvalue weighted by Gasteiger charge is -2.22. The van der Waals surface area contributed by atoms with Gasteiger partial charge in [0.2, 0.25) is 0 Å². The Hall–Kier alpha value is -2.04. The summed E-state index contributed by atoms with van der Waals surface area (Å²) in [6.07, 6.45) is 3.71. The third-order valence-electron chi connectivity index (χ3n) is 4.36. The predicted molar refractivity (Wildman–Crippen MR) is 130 cm³/mol. The molecule has 1 atom stereocenters. The number of aliphatic hydroxyl groups is 1. The molecule has 30 heavy (non-hydrogen) atoms. The van der Waals surface area contributed by atoms with Crippen molar-refractivity contribution in [3.8, 4) is 5.69 Å². The number of halogens is 2. The molecule has 162 valence electrons. The number of hydrogen-bond acceptors (Lipinski definition) is 4. The van der Waals surface area contributed by atoms with Crippen molar-refractivity contribution in [1.29, 1.82) is 0 Å². The topological polar surface area (TPSA) is 87.6 Å². The van der Waals surface area contributed by atoms with Crippen LogP contribution in [0.3, 0.4) is 0 Å². The Morgan fingerprint density at radius 1 is 1.23 bits per heavy atom. The molecule has 0 saturated carbocycles. The van der Waals surface area contributed by atoms with Crippen LogP contribution in [0.4, 0.5) is 0 Å². The minimum atomic E-state index is -1.15. The van der Waals surface area contributed by atoms with E-state index in [0.29, 0.717) is 29.8 Å². The first-order chi connectivity index (χ1) is 13.9. The second kappa shape index (κ2) is 10.8. The summed E-state index contributed by atoms with van der Waals surface area (Å²) < 4.78 is 7.34. The SMILES string of the molecule is CCNC(=NCc1cnn(-c2ccc(Cl)cc2)c1)NCC(C)(O)c1ccc(C)o1.I. The van der Waals surface area contributed by atoms with E-state index in [1.54, 1.807) is 23.9 Å². The Morgan fingerprint density at radius 2 is 1.97 bits per heavy atom. The predicted octanol–water partition coefficient (Wildman–Crippen LogP) is 4.01. The highest BCUT2D eigenvalue weighted by Gasteiger charge is 2.27.